The van der Waals surface area contributed by atoms with Gasteiger partial charge in [0.05, 0.1) is 6.61 Å². The fourth-order valence-corrected chi connectivity index (χ4v) is 5.00. The number of pyridine rings is 1. The van der Waals surface area contributed by atoms with Gasteiger partial charge in [0.15, 0.2) is 11.6 Å². The molecular weight excluding hydrogens is 509 g/mol. The van der Waals surface area contributed by atoms with Crippen molar-refractivity contribution in [3.63, 3.8) is 0 Å². The van der Waals surface area contributed by atoms with Gasteiger partial charge in [-0.1, -0.05) is 43.5 Å². The maximum atomic E-state index is 13.9. The number of rotatable bonds is 8. The maximum absolute atomic E-state index is 13.9. The third-order valence-corrected chi connectivity index (χ3v) is 7.09. The maximum Gasteiger partial charge on any atom is 0.252 e. The van der Waals surface area contributed by atoms with Crippen molar-refractivity contribution < 1.29 is 23.5 Å². The van der Waals surface area contributed by atoms with Crippen molar-refractivity contribution in [3.05, 3.63) is 78.4 Å². The standard InChI is InChI=1S/C32H38FN3O4/c1-39-24-32(38)36-19-8-4-2-3-7-18-35(31(37)14-10-20-40-30-13-6-5-12-28(30)33)23-27-21-25(15-16-29(27)36)26-11-9-17-34-22-26/h5-6,9,11-13,15-17,21-22H,2-4,7-8,10,14,18-20,23-24H2,1H3. The number of para-hydroxylation sites is 1. The van der Waals surface area contributed by atoms with Crippen LogP contribution >= 0.6 is 0 Å². The van der Waals surface area contributed by atoms with Gasteiger partial charge < -0.3 is 19.3 Å². The summed E-state index contributed by atoms with van der Waals surface area (Å²) in [5.74, 6) is -0.302. The summed E-state index contributed by atoms with van der Waals surface area (Å²) < 4.78 is 24.6. The molecule has 0 unspecified atom stereocenters. The lowest BCUT2D eigenvalue weighted by Crippen LogP contribution is -2.37. The quantitative estimate of drug-likeness (QED) is 0.323. The first-order valence-electron chi connectivity index (χ1n) is 14.0. The first-order valence-corrected chi connectivity index (χ1v) is 14.0. The zero-order valence-electron chi connectivity index (χ0n) is 23.2. The molecule has 1 aromatic heterocycles. The molecule has 8 heteroatoms. The molecule has 0 aliphatic carbocycles. The van der Waals surface area contributed by atoms with Crippen molar-refractivity contribution in [2.75, 3.05) is 38.3 Å². The minimum atomic E-state index is -0.412. The van der Waals surface area contributed by atoms with Crippen molar-refractivity contribution in [3.8, 4) is 16.9 Å². The first kappa shape index (κ1) is 29.2. The van der Waals surface area contributed by atoms with Gasteiger partial charge in [0.2, 0.25) is 5.91 Å². The lowest BCUT2D eigenvalue weighted by atomic mass is 10.0. The van der Waals surface area contributed by atoms with Crippen molar-refractivity contribution in [1.82, 2.24) is 9.88 Å². The highest BCUT2D eigenvalue weighted by atomic mass is 19.1. The van der Waals surface area contributed by atoms with E-state index in [4.69, 9.17) is 9.47 Å². The van der Waals surface area contributed by atoms with Gasteiger partial charge in [0, 0.05) is 51.2 Å². The summed E-state index contributed by atoms with van der Waals surface area (Å²) in [6.45, 7) is 1.86. The number of hydrogen-bond acceptors (Lipinski definition) is 5. The molecule has 4 rings (SSSR count). The monoisotopic (exact) mass is 547 g/mol. The third-order valence-electron chi connectivity index (χ3n) is 7.09. The molecule has 3 aromatic rings. The van der Waals surface area contributed by atoms with E-state index in [1.54, 1.807) is 29.3 Å². The highest BCUT2D eigenvalue weighted by molar-refractivity contribution is 5.95. The van der Waals surface area contributed by atoms with Crippen LogP contribution in [0, 0.1) is 5.82 Å². The van der Waals surface area contributed by atoms with Crippen LogP contribution < -0.4 is 9.64 Å². The van der Waals surface area contributed by atoms with E-state index < -0.39 is 5.82 Å². The fraction of sp³-hybridized carbons (Fsp3) is 0.406. The van der Waals surface area contributed by atoms with E-state index in [-0.39, 0.29) is 30.8 Å². The summed E-state index contributed by atoms with van der Waals surface area (Å²) in [6.07, 6.45) is 9.23. The number of aromatic nitrogens is 1. The number of ether oxygens (including phenoxy) is 2. The normalized spacial score (nSPS) is 14.6. The minimum absolute atomic E-state index is 0.00551. The van der Waals surface area contributed by atoms with Crippen LogP contribution in [0.5, 0.6) is 5.75 Å². The Balaban J connectivity index is 1.57. The van der Waals surface area contributed by atoms with Crippen LogP contribution in [0.4, 0.5) is 10.1 Å². The summed E-state index contributed by atoms with van der Waals surface area (Å²) in [7, 11) is 1.52. The summed E-state index contributed by atoms with van der Waals surface area (Å²) in [4.78, 5) is 34.5. The van der Waals surface area contributed by atoms with E-state index in [0.29, 0.717) is 32.5 Å². The molecule has 0 bridgehead atoms. The number of benzene rings is 2. The van der Waals surface area contributed by atoms with Crippen LogP contribution in [0.1, 0.15) is 50.5 Å². The molecule has 0 radical (unpaired) electrons. The topological polar surface area (TPSA) is 72.0 Å². The zero-order chi connectivity index (χ0) is 28.2. The Morgan fingerprint density at radius 3 is 2.50 bits per heavy atom. The molecule has 0 fully saturated rings. The molecule has 0 saturated carbocycles. The number of fused-ring (bicyclic) bond motifs is 1. The largest absolute Gasteiger partial charge is 0.491 e. The van der Waals surface area contributed by atoms with Crippen molar-refractivity contribution >= 4 is 17.5 Å². The SMILES string of the molecule is COCC(=O)N1CCCCCCCN(C(=O)CCCOc2ccccc2F)Cc2cc(-c3cccnc3)ccc21. The highest BCUT2D eigenvalue weighted by Gasteiger charge is 2.23. The number of methoxy groups -OCH3 is 1. The van der Waals surface area contributed by atoms with Crippen LogP contribution in [-0.2, 0) is 20.9 Å². The molecule has 2 heterocycles. The van der Waals surface area contributed by atoms with E-state index in [2.05, 4.69) is 11.1 Å². The average Bonchev–Trinajstić information content (AvgIpc) is 2.97. The van der Waals surface area contributed by atoms with E-state index in [0.717, 1.165) is 54.5 Å². The van der Waals surface area contributed by atoms with Crippen molar-refractivity contribution in [2.45, 2.75) is 51.5 Å². The predicted molar refractivity (Wildman–Crippen MR) is 154 cm³/mol. The number of halogens is 1. The second-order valence-corrected chi connectivity index (χ2v) is 10.0. The molecular formula is C32H38FN3O4. The molecule has 0 saturated heterocycles. The van der Waals surface area contributed by atoms with E-state index in [1.807, 2.05) is 35.4 Å². The smallest absolute Gasteiger partial charge is 0.252 e. The van der Waals surface area contributed by atoms with Crippen molar-refractivity contribution in [1.29, 1.82) is 0 Å². The molecule has 0 atom stereocenters. The molecule has 1 aliphatic rings. The average molecular weight is 548 g/mol. The first-order chi connectivity index (χ1) is 19.6. The van der Waals surface area contributed by atoms with E-state index in [9.17, 15) is 14.0 Å². The number of amides is 2. The van der Waals surface area contributed by atoms with Gasteiger partial charge in [-0.15, -0.1) is 0 Å². The van der Waals surface area contributed by atoms with Crippen molar-refractivity contribution in [2.24, 2.45) is 0 Å². The van der Waals surface area contributed by atoms with Gasteiger partial charge in [-0.25, -0.2) is 4.39 Å². The Hall–Kier alpha value is -3.78. The Labute approximate surface area is 235 Å². The Morgan fingerprint density at radius 1 is 0.925 bits per heavy atom. The molecule has 0 N–H and O–H groups in total. The van der Waals surface area contributed by atoms with Gasteiger partial charge in [0.1, 0.15) is 6.61 Å². The lowest BCUT2D eigenvalue weighted by Gasteiger charge is -2.30. The molecule has 2 amide bonds. The third kappa shape index (κ3) is 8.11. The Kier molecular flexibility index (Phi) is 11.0. The predicted octanol–water partition coefficient (Wildman–Crippen LogP) is 6.02. The second-order valence-electron chi connectivity index (χ2n) is 10.0. The number of hydrogen-bond donors (Lipinski definition) is 0. The lowest BCUT2D eigenvalue weighted by molar-refractivity contribution is -0.132. The van der Waals surface area contributed by atoms with Crippen LogP contribution in [0.3, 0.4) is 0 Å². The number of nitrogens with zero attached hydrogens (tertiary/aromatic N) is 3. The molecule has 0 spiro atoms. The molecule has 1 aliphatic heterocycles. The summed E-state index contributed by atoms with van der Waals surface area (Å²) in [5.41, 5.74) is 3.65. The Morgan fingerprint density at radius 2 is 1.73 bits per heavy atom. The summed E-state index contributed by atoms with van der Waals surface area (Å²) in [5, 5.41) is 0. The molecule has 7 nitrogen and oxygen atoms in total. The highest BCUT2D eigenvalue weighted by Crippen LogP contribution is 2.30. The van der Waals surface area contributed by atoms with Crippen LogP contribution in [-0.4, -0.2) is 55.1 Å². The minimum Gasteiger partial charge on any atom is -0.491 e. The van der Waals surface area contributed by atoms with Gasteiger partial charge in [-0.05, 0) is 66.3 Å². The zero-order valence-corrected chi connectivity index (χ0v) is 23.2. The fourth-order valence-electron chi connectivity index (χ4n) is 5.00. The number of anilines is 1. The summed E-state index contributed by atoms with van der Waals surface area (Å²) >= 11 is 0. The molecule has 212 valence electrons. The molecule has 2 aromatic carbocycles. The number of carbonyl (C=O) groups excluding carboxylic acids is 2. The number of carbonyl (C=O) groups is 2. The van der Waals surface area contributed by atoms with Crippen LogP contribution in [0.2, 0.25) is 0 Å². The molecule has 40 heavy (non-hydrogen) atoms. The Bertz CT molecular complexity index is 1250. The van der Waals surface area contributed by atoms with E-state index in [1.165, 1.54) is 13.2 Å². The van der Waals surface area contributed by atoms with E-state index >= 15 is 0 Å². The van der Waals surface area contributed by atoms with Gasteiger partial charge >= 0.3 is 0 Å². The summed E-state index contributed by atoms with van der Waals surface area (Å²) in [6, 6.07) is 16.2. The van der Waals surface area contributed by atoms with Crippen LogP contribution in [0.25, 0.3) is 11.1 Å². The second kappa shape index (κ2) is 15.1. The van der Waals surface area contributed by atoms with Gasteiger partial charge in [0.25, 0.3) is 5.91 Å². The van der Waals surface area contributed by atoms with Crippen LogP contribution in [0.15, 0.2) is 67.0 Å². The van der Waals surface area contributed by atoms with Gasteiger partial charge in [-0.2, -0.15) is 0 Å². The van der Waals surface area contributed by atoms with Gasteiger partial charge in [-0.3, -0.25) is 14.6 Å².